The molecular weight excluding hydrogens is 242 g/mol. The van der Waals surface area contributed by atoms with E-state index in [0.717, 1.165) is 10.8 Å². The van der Waals surface area contributed by atoms with Crippen LogP contribution in [0.15, 0.2) is 36.5 Å². The minimum absolute atomic E-state index is 0.0156. The molecule has 2 nitrogen and oxygen atoms in total. The number of halogens is 1. The maximum Gasteiger partial charge on any atom is 0.192 e. The second-order valence-corrected chi connectivity index (χ2v) is 3.50. The Balaban J connectivity index is 2.71. The van der Waals surface area contributed by atoms with E-state index in [4.69, 9.17) is 0 Å². The van der Waals surface area contributed by atoms with Crippen LogP contribution in [0.2, 0.25) is 0 Å². The van der Waals surface area contributed by atoms with Gasteiger partial charge in [0.1, 0.15) is 5.69 Å². The third kappa shape index (κ3) is 1.55. The van der Waals surface area contributed by atoms with E-state index in [2.05, 4.69) is 20.9 Å². The fraction of sp³-hybridized carbons (Fsp3) is 0.0909. The van der Waals surface area contributed by atoms with Gasteiger partial charge in [0.05, 0.1) is 5.33 Å². The van der Waals surface area contributed by atoms with Gasteiger partial charge < -0.3 is 0 Å². The van der Waals surface area contributed by atoms with E-state index in [1.807, 2.05) is 30.3 Å². The van der Waals surface area contributed by atoms with Crippen LogP contribution in [-0.2, 0) is 0 Å². The summed E-state index contributed by atoms with van der Waals surface area (Å²) in [4.78, 5) is 15.6. The standard InChI is InChI=1S/C11H8BrNO/c12-7-10(14)11-9-4-2-1-3-8(9)5-6-13-11/h1-6H,7H2. The smallest absolute Gasteiger partial charge is 0.192 e. The first kappa shape index (κ1) is 9.34. The molecule has 70 valence electrons. The molecule has 0 atom stereocenters. The minimum Gasteiger partial charge on any atom is -0.291 e. The van der Waals surface area contributed by atoms with Crippen LogP contribution in [0.25, 0.3) is 10.8 Å². The summed E-state index contributed by atoms with van der Waals surface area (Å²) < 4.78 is 0. The van der Waals surface area contributed by atoms with Crippen LogP contribution in [0.1, 0.15) is 10.5 Å². The molecule has 1 heterocycles. The van der Waals surface area contributed by atoms with Gasteiger partial charge in [-0.3, -0.25) is 9.78 Å². The van der Waals surface area contributed by atoms with E-state index in [1.54, 1.807) is 6.20 Å². The van der Waals surface area contributed by atoms with E-state index in [1.165, 1.54) is 0 Å². The number of benzene rings is 1. The number of alkyl halides is 1. The lowest BCUT2D eigenvalue weighted by atomic mass is 10.1. The number of nitrogens with zero attached hydrogens (tertiary/aromatic N) is 1. The fourth-order valence-corrected chi connectivity index (χ4v) is 1.67. The lowest BCUT2D eigenvalue weighted by molar-refractivity contribution is 0.102. The van der Waals surface area contributed by atoms with Crippen LogP contribution in [0.5, 0.6) is 0 Å². The van der Waals surface area contributed by atoms with Crippen molar-refractivity contribution in [2.45, 2.75) is 0 Å². The molecular formula is C11H8BrNO. The summed E-state index contributed by atoms with van der Waals surface area (Å²) in [5.41, 5.74) is 0.542. The molecule has 1 aromatic carbocycles. The van der Waals surface area contributed by atoms with Gasteiger partial charge in [-0.1, -0.05) is 40.2 Å². The van der Waals surface area contributed by atoms with Crippen molar-refractivity contribution in [1.29, 1.82) is 0 Å². The largest absolute Gasteiger partial charge is 0.291 e. The number of carbonyl (C=O) groups is 1. The highest BCUT2D eigenvalue weighted by atomic mass is 79.9. The summed E-state index contributed by atoms with van der Waals surface area (Å²) >= 11 is 3.15. The van der Waals surface area contributed by atoms with Crippen molar-refractivity contribution < 1.29 is 4.79 Å². The lowest BCUT2D eigenvalue weighted by Gasteiger charge is -2.01. The van der Waals surface area contributed by atoms with Crippen molar-refractivity contribution in [3.8, 4) is 0 Å². The molecule has 2 aromatic rings. The van der Waals surface area contributed by atoms with Crippen LogP contribution in [-0.4, -0.2) is 16.1 Å². The first-order chi connectivity index (χ1) is 6.83. The third-order valence-corrected chi connectivity index (χ3v) is 2.57. The fourth-order valence-electron chi connectivity index (χ4n) is 1.41. The van der Waals surface area contributed by atoms with Gasteiger partial charge in [0.25, 0.3) is 0 Å². The van der Waals surface area contributed by atoms with E-state index < -0.39 is 0 Å². The predicted molar refractivity (Wildman–Crippen MR) is 59.9 cm³/mol. The minimum atomic E-state index is 0.0156. The zero-order chi connectivity index (χ0) is 9.97. The van der Waals surface area contributed by atoms with Gasteiger partial charge in [-0.05, 0) is 11.5 Å². The van der Waals surface area contributed by atoms with Gasteiger partial charge in [-0.25, -0.2) is 0 Å². The number of pyridine rings is 1. The Bertz CT molecular complexity index is 476. The van der Waals surface area contributed by atoms with Gasteiger partial charge >= 0.3 is 0 Å². The van der Waals surface area contributed by atoms with E-state index >= 15 is 0 Å². The highest BCUT2D eigenvalue weighted by Crippen LogP contribution is 2.16. The molecule has 14 heavy (non-hydrogen) atoms. The number of aromatic nitrogens is 1. The molecule has 0 spiro atoms. The average molecular weight is 250 g/mol. The second-order valence-electron chi connectivity index (χ2n) is 2.94. The number of hydrogen-bond donors (Lipinski definition) is 0. The highest BCUT2D eigenvalue weighted by molar-refractivity contribution is 9.09. The molecule has 0 amide bonds. The molecule has 0 N–H and O–H groups in total. The molecule has 0 unspecified atom stereocenters. The van der Waals surface area contributed by atoms with Crippen molar-refractivity contribution in [3.05, 3.63) is 42.2 Å². The zero-order valence-electron chi connectivity index (χ0n) is 7.40. The number of fused-ring (bicyclic) bond motifs is 1. The van der Waals surface area contributed by atoms with Crippen LogP contribution < -0.4 is 0 Å². The first-order valence-corrected chi connectivity index (χ1v) is 5.38. The summed E-state index contributed by atoms with van der Waals surface area (Å²) in [5.74, 6) is 0.0156. The molecule has 0 saturated heterocycles. The highest BCUT2D eigenvalue weighted by Gasteiger charge is 2.08. The topological polar surface area (TPSA) is 30.0 Å². The van der Waals surface area contributed by atoms with Crippen molar-refractivity contribution in [1.82, 2.24) is 4.98 Å². The summed E-state index contributed by atoms with van der Waals surface area (Å²) in [6.07, 6.45) is 1.66. The quantitative estimate of drug-likeness (QED) is 0.606. The maximum absolute atomic E-state index is 11.5. The molecule has 0 radical (unpaired) electrons. The van der Waals surface area contributed by atoms with Crippen molar-refractivity contribution in [3.63, 3.8) is 0 Å². The Morgan fingerprint density at radius 1 is 1.29 bits per heavy atom. The van der Waals surface area contributed by atoms with Crippen molar-refractivity contribution >= 4 is 32.5 Å². The van der Waals surface area contributed by atoms with E-state index in [0.29, 0.717) is 11.0 Å². The number of rotatable bonds is 2. The summed E-state index contributed by atoms with van der Waals surface area (Å²) in [6, 6.07) is 9.65. The van der Waals surface area contributed by atoms with Crippen molar-refractivity contribution in [2.24, 2.45) is 0 Å². The Kier molecular flexibility index (Phi) is 2.59. The zero-order valence-corrected chi connectivity index (χ0v) is 8.99. The number of carbonyl (C=O) groups excluding carboxylic acids is 1. The van der Waals surface area contributed by atoms with Gasteiger partial charge in [0.2, 0.25) is 0 Å². The monoisotopic (exact) mass is 249 g/mol. The summed E-state index contributed by atoms with van der Waals surface area (Å²) in [6.45, 7) is 0. The van der Waals surface area contributed by atoms with Crippen LogP contribution >= 0.6 is 15.9 Å². The Hall–Kier alpha value is -1.22. The SMILES string of the molecule is O=C(CBr)c1nccc2ccccc12. The molecule has 0 aliphatic heterocycles. The van der Waals surface area contributed by atoms with Crippen LogP contribution in [0.3, 0.4) is 0 Å². The van der Waals surface area contributed by atoms with Crippen LogP contribution in [0.4, 0.5) is 0 Å². The molecule has 2 rings (SSSR count). The second kappa shape index (κ2) is 3.88. The number of ketones is 1. The van der Waals surface area contributed by atoms with E-state index in [-0.39, 0.29) is 5.78 Å². The molecule has 0 aliphatic carbocycles. The first-order valence-electron chi connectivity index (χ1n) is 4.26. The van der Waals surface area contributed by atoms with Gasteiger partial charge in [0.15, 0.2) is 5.78 Å². The third-order valence-electron chi connectivity index (χ3n) is 2.06. The predicted octanol–water partition coefficient (Wildman–Crippen LogP) is 2.81. The molecule has 0 aliphatic rings. The van der Waals surface area contributed by atoms with Gasteiger partial charge in [-0.15, -0.1) is 0 Å². The molecule has 0 fully saturated rings. The maximum atomic E-state index is 11.5. The Morgan fingerprint density at radius 3 is 2.86 bits per heavy atom. The normalized spacial score (nSPS) is 10.4. The number of Topliss-reactive ketones (excluding diaryl/α,β-unsaturated/α-hetero) is 1. The van der Waals surface area contributed by atoms with Crippen LogP contribution in [0, 0.1) is 0 Å². The number of hydrogen-bond acceptors (Lipinski definition) is 2. The molecule has 0 saturated carbocycles. The summed E-state index contributed by atoms with van der Waals surface area (Å²) in [7, 11) is 0. The van der Waals surface area contributed by atoms with Gasteiger partial charge in [0, 0.05) is 11.6 Å². The van der Waals surface area contributed by atoms with Gasteiger partial charge in [-0.2, -0.15) is 0 Å². The Morgan fingerprint density at radius 2 is 2.07 bits per heavy atom. The van der Waals surface area contributed by atoms with E-state index in [9.17, 15) is 4.79 Å². The molecule has 3 heteroatoms. The lowest BCUT2D eigenvalue weighted by Crippen LogP contribution is -2.03. The molecule has 0 bridgehead atoms. The Labute approximate surface area is 90.1 Å². The molecule has 1 aromatic heterocycles. The summed E-state index contributed by atoms with van der Waals surface area (Å²) in [5, 5.41) is 2.28. The average Bonchev–Trinajstić information content (AvgIpc) is 2.27. The van der Waals surface area contributed by atoms with Crippen molar-refractivity contribution in [2.75, 3.05) is 5.33 Å².